The van der Waals surface area contributed by atoms with Crippen LogP contribution in [-0.4, -0.2) is 34.6 Å². The Balaban J connectivity index is 1.71. The van der Waals surface area contributed by atoms with Crippen LogP contribution in [0.25, 0.3) is 11.3 Å². The number of H-pyrrole nitrogens is 1. The van der Waals surface area contributed by atoms with Gasteiger partial charge in [-0.3, -0.25) is 14.7 Å². The minimum atomic E-state index is -0.232. The van der Waals surface area contributed by atoms with E-state index in [4.69, 9.17) is 11.6 Å². The van der Waals surface area contributed by atoms with Crippen LogP contribution in [0.3, 0.4) is 0 Å². The van der Waals surface area contributed by atoms with Gasteiger partial charge in [0.05, 0.1) is 17.5 Å². The number of carbonyl (C=O) groups is 2. The van der Waals surface area contributed by atoms with E-state index in [2.05, 4.69) is 20.8 Å². The lowest BCUT2D eigenvalue weighted by atomic mass is 10.1. The van der Waals surface area contributed by atoms with E-state index in [1.54, 1.807) is 12.1 Å². The number of nitrogens with one attached hydrogen (secondary N) is 3. The van der Waals surface area contributed by atoms with Crippen molar-refractivity contribution in [3.05, 3.63) is 41.0 Å². The monoisotopic (exact) mass is 318 g/mol. The standard InChI is InChI=1S/C15H15ClN4O2/c16-10-3-1-2-9(6-10)14-12(8-18-20-14)15(22)17-7-11-4-5-13(21)19-11/h1-3,6,8,11H,4-5,7H2,(H,17,22)(H,18,20)(H,19,21)/t11-/m0/s1. The largest absolute Gasteiger partial charge is 0.352 e. The molecule has 1 fully saturated rings. The highest BCUT2D eigenvalue weighted by atomic mass is 35.5. The molecule has 2 heterocycles. The predicted molar refractivity (Wildman–Crippen MR) is 82.5 cm³/mol. The maximum atomic E-state index is 12.3. The zero-order valence-electron chi connectivity index (χ0n) is 11.7. The molecule has 3 rings (SSSR count). The maximum Gasteiger partial charge on any atom is 0.255 e. The number of amides is 2. The Labute approximate surface area is 132 Å². The summed E-state index contributed by atoms with van der Waals surface area (Å²) in [5.74, 6) is -0.202. The van der Waals surface area contributed by atoms with Crippen molar-refractivity contribution in [2.75, 3.05) is 6.54 Å². The number of aromatic nitrogens is 2. The van der Waals surface area contributed by atoms with Gasteiger partial charge in [0, 0.05) is 29.6 Å². The molecule has 22 heavy (non-hydrogen) atoms. The summed E-state index contributed by atoms with van der Waals surface area (Å²) in [6, 6.07) is 7.20. The lowest BCUT2D eigenvalue weighted by Crippen LogP contribution is -2.38. The Morgan fingerprint density at radius 1 is 1.45 bits per heavy atom. The Hall–Kier alpha value is -2.34. The minimum absolute atomic E-state index is 0.00188. The fourth-order valence-corrected chi connectivity index (χ4v) is 2.65. The molecule has 3 N–H and O–H groups in total. The average molecular weight is 319 g/mol. The SMILES string of the molecule is O=C1CC[C@@H](CNC(=O)c2cn[nH]c2-c2cccc(Cl)c2)N1. The number of nitrogens with zero attached hydrogens (tertiary/aromatic N) is 1. The molecule has 1 saturated heterocycles. The summed E-state index contributed by atoms with van der Waals surface area (Å²) in [4.78, 5) is 23.5. The molecule has 0 bridgehead atoms. The fourth-order valence-electron chi connectivity index (χ4n) is 2.46. The highest BCUT2D eigenvalue weighted by Gasteiger charge is 2.22. The van der Waals surface area contributed by atoms with Crippen LogP contribution >= 0.6 is 11.6 Å². The third-order valence-corrected chi connectivity index (χ3v) is 3.83. The molecule has 6 nitrogen and oxygen atoms in total. The van der Waals surface area contributed by atoms with Crippen LogP contribution in [0.4, 0.5) is 0 Å². The van der Waals surface area contributed by atoms with Gasteiger partial charge in [0.2, 0.25) is 5.91 Å². The van der Waals surface area contributed by atoms with Crippen LogP contribution in [0, 0.1) is 0 Å². The molecule has 1 aromatic heterocycles. The van der Waals surface area contributed by atoms with Crippen molar-refractivity contribution in [3.63, 3.8) is 0 Å². The highest BCUT2D eigenvalue weighted by Crippen LogP contribution is 2.23. The lowest BCUT2D eigenvalue weighted by molar-refractivity contribution is -0.119. The van der Waals surface area contributed by atoms with E-state index >= 15 is 0 Å². The van der Waals surface area contributed by atoms with Gasteiger partial charge in [0.1, 0.15) is 0 Å². The van der Waals surface area contributed by atoms with E-state index in [1.165, 1.54) is 6.20 Å². The van der Waals surface area contributed by atoms with Crippen LogP contribution in [-0.2, 0) is 4.79 Å². The van der Waals surface area contributed by atoms with E-state index in [0.717, 1.165) is 12.0 Å². The van der Waals surface area contributed by atoms with Gasteiger partial charge in [-0.2, -0.15) is 5.10 Å². The number of hydrogen-bond donors (Lipinski definition) is 3. The molecular formula is C15H15ClN4O2. The van der Waals surface area contributed by atoms with Crippen molar-refractivity contribution in [2.45, 2.75) is 18.9 Å². The van der Waals surface area contributed by atoms with Gasteiger partial charge in [0.25, 0.3) is 5.91 Å². The van der Waals surface area contributed by atoms with Gasteiger partial charge in [0.15, 0.2) is 0 Å². The normalized spacial score (nSPS) is 17.3. The van der Waals surface area contributed by atoms with Crippen LogP contribution in [0.5, 0.6) is 0 Å². The number of carbonyl (C=O) groups excluding carboxylic acids is 2. The number of benzene rings is 1. The molecular weight excluding hydrogens is 304 g/mol. The Kier molecular flexibility index (Phi) is 4.11. The molecule has 1 atom stereocenters. The van der Waals surface area contributed by atoms with Gasteiger partial charge >= 0.3 is 0 Å². The highest BCUT2D eigenvalue weighted by molar-refractivity contribution is 6.30. The molecule has 0 radical (unpaired) electrons. The predicted octanol–water partition coefficient (Wildman–Crippen LogP) is 1.74. The third kappa shape index (κ3) is 3.12. The smallest absolute Gasteiger partial charge is 0.255 e. The van der Waals surface area contributed by atoms with E-state index in [-0.39, 0.29) is 17.9 Å². The van der Waals surface area contributed by atoms with Crippen LogP contribution in [0.2, 0.25) is 5.02 Å². The first-order valence-electron chi connectivity index (χ1n) is 7.00. The molecule has 114 valence electrons. The first-order chi connectivity index (χ1) is 10.6. The Bertz CT molecular complexity index is 713. The molecule has 0 saturated carbocycles. The number of aromatic amines is 1. The second-order valence-corrected chi connectivity index (χ2v) is 5.62. The number of rotatable bonds is 4. The Morgan fingerprint density at radius 3 is 3.05 bits per heavy atom. The molecule has 2 aromatic rings. The lowest BCUT2D eigenvalue weighted by Gasteiger charge is -2.11. The summed E-state index contributed by atoms with van der Waals surface area (Å²) in [5.41, 5.74) is 1.87. The van der Waals surface area contributed by atoms with Gasteiger partial charge in [-0.25, -0.2) is 0 Å². The first-order valence-corrected chi connectivity index (χ1v) is 7.38. The van der Waals surface area contributed by atoms with E-state index in [9.17, 15) is 9.59 Å². The van der Waals surface area contributed by atoms with Crippen molar-refractivity contribution in [2.24, 2.45) is 0 Å². The van der Waals surface area contributed by atoms with Crippen LogP contribution in [0.1, 0.15) is 23.2 Å². The number of halogens is 1. The minimum Gasteiger partial charge on any atom is -0.352 e. The van der Waals surface area contributed by atoms with Gasteiger partial charge in [-0.1, -0.05) is 23.7 Å². The Morgan fingerprint density at radius 2 is 2.32 bits per heavy atom. The van der Waals surface area contributed by atoms with Crippen molar-refractivity contribution < 1.29 is 9.59 Å². The van der Waals surface area contributed by atoms with E-state index in [0.29, 0.717) is 29.2 Å². The van der Waals surface area contributed by atoms with Crippen LogP contribution < -0.4 is 10.6 Å². The van der Waals surface area contributed by atoms with E-state index in [1.807, 2.05) is 12.1 Å². The first kappa shape index (κ1) is 14.6. The molecule has 0 spiro atoms. The topological polar surface area (TPSA) is 86.9 Å². The summed E-state index contributed by atoms with van der Waals surface area (Å²) in [6.07, 6.45) is 2.74. The molecule has 1 aromatic carbocycles. The number of hydrogen-bond acceptors (Lipinski definition) is 3. The van der Waals surface area contributed by atoms with Crippen molar-refractivity contribution in [1.29, 1.82) is 0 Å². The zero-order chi connectivity index (χ0) is 15.5. The zero-order valence-corrected chi connectivity index (χ0v) is 12.5. The van der Waals surface area contributed by atoms with Crippen LogP contribution in [0.15, 0.2) is 30.5 Å². The summed E-state index contributed by atoms with van der Waals surface area (Å²) in [5, 5.41) is 13.0. The quantitative estimate of drug-likeness (QED) is 0.802. The molecule has 0 aliphatic carbocycles. The molecule has 7 heteroatoms. The van der Waals surface area contributed by atoms with Crippen molar-refractivity contribution in [1.82, 2.24) is 20.8 Å². The second-order valence-electron chi connectivity index (χ2n) is 5.18. The maximum absolute atomic E-state index is 12.3. The fraction of sp³-hybridized carbons (Fsp3) is 0.267. The summed E-state index contributed by atoms with van der Waals surface area (Å²) in [6.45, 7) is 0.407. The van der Waals surface area contributed by atoms with Gasteiger partial charge in [-0.15, -0.1) is 0 Å². The molecule has 1 aliphatic rings. The van der Waals surface area contributed by atoms with Gasteiger partial charge in [-0.05, 0) is 18.6 Å². The molecule has 2 amide bonds. The molecule has 1 aliphatic heterocycles. The van der Waals surface area contributed by atoms with Crippen molar-refractivity contribution >= 4 is 23.4 Å². The van der Waals surface area contributed by atoms with Gasteiger partial charge < -0.3 is 10.6 Å². The average Bonchev–Trinajstić information content (AvgIpc) is 3.13. The summed E-state index contributed by atoms with van der Waals surface area (Å²) >= 11 is 5.98. The second kappa shape index (κ2) is 6.19. The van der Waals surface area contributed by atoms with Crippen molar-refractivity contribution in [3.8, 4) is 11.3 Å². The van der Waals surface area contributed by atoms with E-state index < -0.39 is 0 Å². The summed E-state index contributed by atoms with van der Waals surface area (Å²) in [7, 11) is 0. The third-order valence-electron chi connectivity index (χ3n) is 3.59. The molecule has 0 unspecified atom stereocenters. The summed E-state index contributed by atoms with van der Waals surface area (Å²) < 4.78 is 0.